The maximum absolute atomic E-state index is 9.82. The van der Waals surface area contributed by atoms with Crippen LogP contribution in [-0.2, 0) is 0 Å². The van der Waals surface area contributed by atoms with Gasteiger partial charge in [-0.1, -0.05) is 48.5 Å². The first-order chi connectivity index (χ1) is 9.75. The third kappa shape index (κ3) is 2.28. The lowest BCUT2D eigenvalue weighted by molar-refractivity contribution is 0.463. The summed E-state index contributed by atoms with van der Waals surface area (Å²) in [6.07, 6.45) is 0. The molecule has 0 spiro atoms. The lowest BCUT2D eigenvalue weighted by Crippen LogP contribution is -1.86. The molecular formula is C16H15N3O. The van der Waals surface area contributed by atoms with E-state index in [0.717, 1.165) is 16.3 Å². The second-order valence-corrected chi connectivity index (χ2v) is 4.67. The number of fused-ring (bicyclic) bond motifs is 1. The Bertz CT molecular complexity index is 747. The minimum atomic E-state index is -0.0274. The Kier molecular flexibility index (Phi) is 3.21. The van der Waals surface area contributed by atoms with Crippen molar-refractivity contribution >= 4 is 16.6 Å². The average Bonchev–Trinajstić information content (AvgIpc) is 2.83. The van der Waals surface area contributed by atoms with Crippen LogP contribution in [0.2, 0.25) is 0 Å². The lowest BCUT2D eigenvalue weighted by Gasteiger charge is -2.03. The van der Waals surface area contributed by atoms with Crippen LogP contribution >= 0.6 is 0 Å². The van der Waals surface area contributed by atoms with Gasteiger partial charge in [-0.15, -0.1) is 5.11 Å². The summed E-state index contributed by atoms with van der Waals surface area (Å²) in [5.41, 5.74) is 1.11. The van der Waals surface area contributed by atoms with Gasteiger partial charge in [0.05, 0.1) is 6.04 Å². The van der Waals surface area contributed by atoms with E-state index >= 15 is 0 Å². The van der Waals surface area contributed by atoms with Crippen molar-refractivity contribution in [2.45, 2.75) is 13.0 Å². The topological polar surface area (TPSA) is 60.7 Å². The first kappa shape index (κ1) is 12.4. The van der Waals surface area contributed by atoms with Crippen molar-refractivity contribution < 1.29 is 5.11 Å². The van der Waals surface area contributed by atoms with Crippen molar-refractivity contribution in [3.63, 3.8) is 0 Å². The Morgan fingerprint density at radius 3 is 2.35 bits per heavy atom. The third-order valence-electron chi connectivity index (χ3n) is 3.29. The number of aromatic amines is 1. The lowest BCUT2D eigenvalue weighted by atomic mass is 10.1. The minimum absolute atomic E-state index is 0.0274. The van der Waals surface area contributed by atoms with Crippen molar-refractivity contribution in [3.8, 4) is 5.88 Å². The third-order valence-corrected chi connectivity index (χ3v) is 3.29. The molecule has 0 saturated carbocycles. The molecule has 0 aliphatic carbocycles. The Labute approximate surface area is 116 Å². The number of azo groups is 1. The molecule has 1 atom stereocenters. The molecule has 4 nitrogen and oxygen atoms in total. The highest BCUT2D eigenvalue weighted by Gasteiger charge is 2.08. The average molecular weight is 265 g/mol. The molecule has 0 amide bonds. The van der Waals surface area contributed by atoms with Crippen molar-refractivity contribution in [3.05, 3.63) is 60.2 Å². The van der Waals surface area contributed by atoms with Crippen LogP contribution in [0.1, 0.15) is 18.5 Å². The summed E-state index contributed by atoms with van der Waals surface area (Å²) >= 11 is 0. The van der Waals surface area contributed by atoms with E-state index in [1.807, 2.05) is 61.5 Å². The van der Waals surface area contributed by atoms with Gasteiger partial charge in [0.1, 0.15) is 0 Å². The highest BCUT2D eigenvalue weighted by molar-refractivity contribution is 5.95. The Morgan fingerprint density at radius 1 is 0.950 bits per heavy atom. The number of hydrogen-bond donors (Lipinski definition) is 2. The first-order valence-electron chi connectivity index (χ1n) is 6.51. The van der Waals surface area contributed by atoms with E-state index in [2.05, 4.69) is 15.2 Å². The summed E-state index contributed by atoms with van der Waals surface area (Å²) < 4.78 is 0. The molecule has 0 saturated heterocycles. The van der Waals surface area contributed by atoms with Crippen LogP contribution in [0.15, 0.2) is 64.8 Å². The molecule has 0 fully saturated rings. The van der Waals surface area contributed by atoms with Gasteiger partial charge in [0.15, 0.2) is 11.7 Å². The van der Waals surface area contributed by atoms with Gasteiger partial charge in [-0.05, 0) is 18.6 Å². The van der Waals surface area contributed by atoms with Crippen LogP contribution in [0.25, 0.3) is 10.8 Å². The summed E-state index contributed by atoms with van der Waals surface area (Å²) in [4.78, 5) is 2.85. The second-order valence-electron chi connectivity index (χ2n) is 4.67. The fourth-order valence-corrected chi connectivity index (χ4v) is 2.16. The summed E-state index contributed by atoms with van der Waals surface area (Å²) in [6.45, 7) is 1.99. The molecule has 1 unspecified atom stereocenters. The highest BCUT2D eigenvalue weighted by atomic mass is 16.3. The van der Waals surface area contributed by atoms with Crippen molar-refractivity contribution in [1.82, 2.24) is 4.98 Å². The van der Waals surface area contributed by atoms with E-state index < -0.39 is 0 Å². The molecule has 1 aromatic heterocycles. The number of nitrogens with zero attached hydrogens (tertiary/aromatic N) is 2. The number of aromatic hydroxyl groups is 1. The molecule has 20 heavy (non-hydrogen) atoms. The molecule has 3 aromatic rings. The summed E-state index contributed by atoms with van der Waals surface area (Å²) in [6, 6.07) is 17.5. The molecule has 2 aromatic carbocycles. The van der Waals surface area contributed by atoms with Gasteiger partial charge in [0.25, 0.3) is 0 Å². The van der Waals surface area contributed by atoms with E-state index in [9.17, 15) is 5.11 Å². The number of benzene rings is 2. The quantitative estimate of drug-likeness (QED) is 0.661. The number of aromatic nitrogens is 1. The molecule has 2 N–H and O–H groups in total. The van der Waals surface area contributed by atoms with Crippen LogP contribution in [0.4, 0.5) is 5.82 Å². The van der Waals surface area contributed by atoms with E-state index in [1.54, 1.807) is 0 Å². The second kappa shape index (κ2) is 5.17. The van der Waals surface area contributed by atoms with Crippen LogP contribution in [0, 0.1) is 0 Å². The van der Waals surface area contributed by atoms with Gasteiger partial charge in [0, 0.05) is 10.8 Å². The summed E-state index contributed by atoms with van der Waals surface area (Å²) in [5.74, 6) is 0.711. The maximum atomic E-state index is 9.82. The molecule has 4 heteroatoms. The van der Waals surface area contributed by atoms with Gasteiger partial charge < -0.3 is 10.1 Å². The highest BCUT2D eigenvalue weighted by Crippen LogP contribution is 2.33. The number of hydrogen-bond acceptors (Lipinski definition) is 3. The standard InChI is InChI=1S/C16H15N3O/c1-11(12-7-3-2-4-8-12)18-19-15-13-9-5-6-10-14(13)16(20)17-15/h2-11,17,20H,1H3. The molecular weight excluding hydrogens is 250 g/mol. The van der Waals surface area contributed by atoms with Crippen LogP contribution < -0.4 is 0 Å². The van der Waals surface area contributed by atoms with Gasteiger partial charge in [-0.3, -0.25) is 0 Å². The van der Waals surface area contributed by atoms with Crippen molar-refractivity contribution in [2.75, 3.05) is 0 Å². The van der Waals surface area contributed by atoms with Crippen molar-refractivity contribution in [2.24, 2.45) is 10.2 Å². The number of nitrogens with one attached hydrogen (secondary N) is 1. The van der Waals surface area contributed by atoms with Crippen LogP contribution in [-0.4, -0.2) is 10.1 Å². The number of H-pyrrole nitrogens is 1. The van der Waals surface area contributed by atoms with E-state index in [0.29, 0.717) is 5.82 Å². The van der Waals surface area contributed by atoms with Crippen LogP contribution in [0.3, 0.4) is 0 Å². The largest absolute Gasteiger partial charge is 0.494 e. The molecule has 0 bridgehead atoms. The fraction of sp³-hybridized carbons (Fsp3) is 0.125. The zero-order chi connectivity index (χ0) is 13.9. The van der Waals surface area contributed by atoms with Gasteiger partial charge >= 0.3 is 0 Å². The van der Waals surface area contributed by atoms with E-state index in [-0.39, 0.29) is 11.9 Å². The summed E-state index contributed by atoms with van der Waals surface area (Å²) in [7, 11) is 0. The molecule has 1 heterocycles. The SMILES string of the molecule is CC(N=Nc1[nH]c(O)c2ccccc12)c1ccccc1. The molecule has 100 valence electrons. The predicted octanol–water partition coefficient (Wildman–Crippen LogP) is 4.72. The Balaban J connectivity index is 1.92. The normalized spacial score (nSPS) is 13.1. The zero-order valence-corrected chi connectivity index (χ0v) is 11.1. The maximum Gasteiger partial charge on any atom is 0.198 e. The molecule has 0 aliphatic heterocycles. The number of rotatable bonds is 3. The smallest absolute Gasteiger partial charge is 0.198 e. The molecule has 0 aliphatic rings. The van der Waals surface area contributed by atoms with E-state index in [1.165, 1.54) is 0 Å². The van der Waals surface area contributed by atoms with Crippen molar-refractivity contribution in [1.29, 1.82) is 0 Å². The van der Waals surface area contributed by atoms with E-state index in [4.69, 9.17) is 0 Å². The summed E-state index contributed by atoms with van der Waals surface area (Å²) in [5, 5.41) is 20.0. The first-order valence-corrected chi connectivity index (χ1v) is 6.51. The van der Waals surface area contributed by atoms with Crippen LogP contribution in [0.5, 0.6) is 5.88 Å². The van der Waals surface area contributed by atoms with Gasteiger partial charge in [-0.2, -0.15) is 5.11 Å². The van der Waals surface area contributed by atoms with Gasteiger partial charge in [0.2, 0.25) is 0 Å². The predicted molar refractivity (Wildman–Crippen MR) is 79.3 cm³/mol. The Hall–Kier alpha value is -2.62. The Morgan fingerprint density at radius 2 is 1.60 bits per heavy atom. The molecule has 0 radical (unpaired) electrons. The minimum Gasteiger partial charge on any atom is -0.494 e. The zero-order valence-electron chi connectivity index (χ0n) is 11.1. The van der Waals surface area contributed by atoms with Gasteiger partial charge in [-0.25, -0.2) is 0 Å². The molecule has 3 rings (SSSR count). The fourth-order valence-electron chi connectivity index (χ4n) is 2.16. The monoisotopic (exact) mass is 265 g/mol.